The number of aromatic nitrogens is 2. The predicted molar refractivity (Wildman–Crippen MR) is 108 cm³/mol. The van der Waals surface area contributed by atoms with Crippen molar-refractivity contribution in [3.63, 3.8) is 0 Å². The van der Waals surface area contributed by atoms with Crippen LogP contribution in [0.5, 0.6) is 0 Å². The third-order valence-electron chi connectivity index (χ3n) is 4.61. The van der Waals surface area contributed by atoms with Crippen LogP contribution in [0.4, 0.5) is 0 Å². The Labute approximate surface area is 153 Å². The van der Waals surface area contributed by atoms with Gasteiger partial charge in [-0.15, -0.1) is 0 Å². The van der Waals surface area contributed by atoms with Gasteiger partial charge in [-0.2, -0.15) is 0 Å². The molecule has 0 radical (unpaired) electrons. The van der Waals surface area contributed by atoms with E-state index in [0.717, 1.165) is 37.1 Å². The second kappa shape index (κ2) is 5.64. The van der Waals surface area contributed by atoms with Gasteiger partial charge in [-0.3, -0.25) is 9.97 Å². The lowest BCUT2D eigenvalue weighted by atomic mass is 9.96. The molecule has 0 saturated heterocycles. The van der Waals surface area contributed by atoms with Crippen molar-refractivity contribution in [1.29, 1.82) is 0 Å². The number of hydrogen-bond donors (Lipinski definition) is 0. The van der Waals surface area contributed by atoms with Gasteiger partial charge in [0, 0.05) is 38.4 Å². The molecule has 0 spiro atoms. The summed E-state index contributed by atoms with van der Waals surface area (Å²) < 4.78 is 1.08. The fourth-order valence-corrected chi connectivity index (χ4v) is 3.71. The van der Waals surface area contributed by atoms with Crippen molar-refractivity contribution in [1.82, 2.24) is 9.97 Å². The van der Waals surface area contributed by atoms with Gasteiger partial charge >= 0.3 is 0 Å². The van der Waals surface area contributed by atoms with Gasteiger partial charge in [0.2, 0.25) is 0 Å². The molecule has 0 unspecified atom stereocenters. The first-order chi connectivity index (χ1) is 12.3. The monoisotopic (exact) mass is 384 g/mol. The Balaban J connectivity index is 1.91. The molecule has 2 nitrogen and oxygen atoms in total. The Kier molecular flexibility index (Phi) is 3.28. The maximum Gasteiger partial charge on any atom is 0.0788 e. The van der Waals surface area contributed by atoms with E-state index in [1.165, 1.54) is 11.1 Å². The summed E-state index contributed by atoms with van der Waals surface area (Å²) in [4.78, 5) is 9.31. The number of nitrogens with zero attached hydrogens (tertiary/aromatic N) is 2. The first kappa shape index (κ1) is 14.6. The lowest BCUT2D eigenvalue weighted by Crippen LogP contribution is -1.88. The Morgan fingerprint density at radius 1 is 0.560 bits per heavy atom. The highest BCUT2D eigenvalue weighted by molar-refractivity contribution is 9.10. The summed E-state index contributed by atoms with van der Waals surface area (Å²) >= 11 is 3.50. The molecule has 5 aromatic rings. The SMILES string of the molecule is Brc1ccc(-c2ccc3c(c2)c2ncccc2c2cccnc23)cc1. The zero-order chi connectivity index (χ0) is 16.8. The number of pyridine rings is 2. The summed E-state index contributed by atoms with van der Waals surface area (Å²) in [6.07, 6.45) is 3.71. The molecule has 0 N–H and O–H groups in total. The Morgan fingerprint density at radius 2 is 1.12 bits per heavy atom. The third kappa shape index (κ3) is 2.31. The van der Waals surface area contributed by atoms with Crippen molar-refractivity contribution in [2.24, 2.45) is 0 Å². The molecule has 0 saturated carbocycles. The van der Waals surface area contributed by atoms with Gasteiger partial charge in [0.1, 0.15) is 0 Å². The van der Waals surface area contributed by atoms with Crippen molar-refractivity contribution in [3.05, 3.63) is 83.6 Å². The lowest BCUT2D eigenvalue weighted by molar-refractivity contribution is 1.41. The van der Waals surface area contributed by atoms with E-state index < -0.39 is 0 Å². The van der Waals surface area contributed by atoms with Crippen molar-refractivity contribution in [2.75, 3.05) is 0 Å². The van der Waals surface area contributed by atoms with Crippen LogP contribution < -0.4 is 0 Å². The normalized spacial score (nSPS) is 11.4. The first-order valence-corrected chi connectivity index (χ1v) is 8.92. The van der Waals surface area contributed by atoms with E-state index in [-0.39, 0.29) is 0 Å². The highest BCUT2D eigenvalue weighted by Crippen LogP contribution is 2.35. The summed E-state index contributed by atoms with van der Waals surface area (Å²) in [7, 11) is 0. The van der Waals surface area contributed by atoms with Gasteiger partial charge in [0.15, 0.2) is 0 Å². The molecule has 2 aromatic heterocycles. The molecule has 2 heterocycles. The number of hydrogen-bond acceptors (Lipinski definition) is 2. The second-order valence-electron chi connectivity index (χ2n) is 6.07. The van der Waals surface area contributed by atoms with E-state index in [9.17, 15) is 0 Å². The fourth-order valence-electron chi connectivity index (χ4n) is 3.44. The lowest BCUT2D eigenvalue weighted by Gasteiger charge is -2.10. The quantitative estimate of drug-likeness (QED) is 0.314. The van der Waals surface area contributed by atoms with Crippen LogP contribution in [0.1, 0.15) is 0 Å². The van der Waals surface area contributed by atoms with Crippen molar-refractivity contribution >= 4 is 48.5 Å². The summed E-state index contributed by atoms with van der Waals surface area (Å²) in [6, 6.07) is 23.1. The summed E-state index contributed by atoms with van der Waals surface area (Å²) in [6.45, 7) is 0. The van der Waals surface area contributed by atoms with E-state index >= 15 is 0 Å². The molecule has 0 fully saturated rings. The molecule has 0 aliphatic heterocycles. The average Bonchev–Trinajstić information content (AvgIpc) is 2.68. The molecular formula is C22H13BrN2. The average molecular weight is 385 g/mol. The molecule has 3 heteroatoms. The van der Waals surface area contributed by atoms with E-state index in [4.69, 9.17) is 0 Å². The van der Waals surface area contributed by atoms with Gasteiger partial charge in [-0.1, -0.05) is 52.3 Å². The largest absolute Gasteiger partial charge is 0.256 e. The molecule has 118 valence electrons. The zero-order valence-electron chi connectivity index (χ0n) is 13.3. The molecule has 5 rings (SSSR count). The minimum Gasteiger partial charge on any atom is -0.256 e. The zero-order valence-corrected chi connectivity index (χ0v) is 14.9. The Morgan fingerprint density at radius 3 is 1.80 bits per heavy atom. The van der Waals surface area contributed by atoms with Crippen molar-refractivity contribution in [2.45, 2.75) is 0 Å². The van der Waals surface area contributed by atoms with Crippen molar-refractivity contribution in [3.8, 4) is 11.1 Å². The van der Waals surface area contributed by atoms with Gasteiger partial charge in [0.25, 0.3) is 0 Å². The van der Waals surface area contributed by atoms with Crippen LogP contribution in [-0.4, -0.2) is 9.97 Å². The number of rotatable bonds is 1. The molecule has 0 bridgehead atoms. The van der Waals surface area contributed by atoms with Crippen molar-refractivity contribution < 1.29 is 0 Å². The van der Waals surface area contributed by atoms with E-state index in [2.05, 4.69) is 80.5 Å². The molecule has 0 aliphatic rings. The number of fused-ring (bicyclic) bond motifs is 6. The fraction of sp³-hybridized carbons (Fsp3) is 0. The summed E-state index contributed by atoms with van der Waals surface area (Å²) in [5.74, 6) is 0. The summed E-state index contributed by atoms with van der Waals surface area (Å²) in [5, 5.41) is 4.57. The minimum atomic E-state index is 1.02. The van der Waals surface area contributed by atoms with Crippen LogP contribution in [0.25, 0.3) is 43.7 Å². The van der Waals surface area contributed by atoms with Crippen LogP contribution in [0.3, 0.4) is 0 Å². The molecule has 0 aliphatic carbocycles. The molecule has 0 amide bonds. The van der Waals surface area contributed by atoms with Crippen LogP contribution >= 0.6 is 15.9 Å². The highest BCUT2D eigenvalue weighted by atomic mass is 79.9. The smallest absolute Gasteiger partial charge is 0.0788 e. The Hall–Kier alpha value is -2.78. The maximum absolute atomic E-state index is 4.67. The van der Waals surface area contributed by atoms with Gasteiger partial charge in [-0.25, -0.2) is 0 Å². The second-order valence-corrected chi connectivity index (χ2v) is 6.98. The van der Waals surface area contributed by atoms with Crippen LogP contribution in [0.15, 0.2) is 83.6 Å². The van der Waals surface area contributed by atoms with Crippen LogP contribution in [0, 0.1) is 0 Å². The summed E-state index contributed by atoms with van der Waals surface area (Å²) in [5.41, 5.74) is 4.43. The molecular weight excluding hydrogens is 372 g/mol. The Bertz CT molecular complexity index is 1210. The molecule has 0 atom stereocenters. The highest BCUT2D eigenvalue weighted by Gasteiger charge is 2.11. The minimum absolute atomic E-state index is 1.02. The maximum atomic E-state index is 4.67. The van der Waals surface area contributed by atoms with Crippen LogP contribution in [-0.2, 0) is 0 Å². The topological polar surface area (TPSA) is 25.8 Å². The van der Waals surface area contributed by atoms with E-state index in [0.29, 0.717) is 0 Å². The van der Waals surface area contributed by atoms with Gasteiger partial charge in [-0.05, 0) is 41.5 Å². The van der Waals surface area contributed by atoms with Gasteiger partial charge in [0.05, 0.1) is 11.0 Å². The standard InChI is InChI=1S/C22H13BrN2/c23-16-8-5-14(6-9-16)15-7-10-19-20(13-15)22-18(4-2-12-25-22)17-3-1-11-24-21(17)19/h1-13H. The molecule has 25 heavy (non-hydrogen) atoms. The number of halogens is 1. The first-order valence-electron chi connectivity index (χ1n) is 8.12. The van der Waals surface area contributed by atoms with E-state index in [1.807, 2.05) is 24.5 Å². The van der Waals surface area contributed by atoms with Gasteiger partial charge < -0.3 is 0 Å². The number of benzene rings is 3. The third-order valence-corrected chi connectivity index (χ3v) is 5.14. The van der Waals surface area contributed by atoms with Crippen LogP contribution in [0.2, 0.25) is 0 Å². The molecule has 3 aromatic carbocycles. The predicted octanol–water partition coefficient (Wildman–Crippen LogP) is 6.37. The van der Waals surface area contributed by atoms with E-state index in [1.54, 1.807) is 0 Å².